The number of carboxylic acids is 1. The Labute approximate surface area is 71.4 Å². The number of carboxylic acid groups (broad SMARTS) is 1. The molecule has 0 atom stereocenters. The first kappa shape index (κ1) is 8.65. The number of benzene rings is 1. The minimum absolute atomic E-state index is 0.0139. The number of aromatic carboxylic acids is 1. The van der Waals surface area contributed by atoms with Crippen molar-refractivity contribution < 1.29 is 14.6 Å². The van der Waals surface area contributed by atoms with Crippen molar-refractivity contribution in [2.45, 2.75) is 0 Å². The molecule has 1 N–H and O–H groups in total. The SMILES string of the molecule is [B]c1cccc(OC)c1C(=O)O. The van der Waals surface area contributed by atoms with Gasteiger partial charge in [0.2, 0.25) is 0 Å². The van der Waals surface area contributed by atoms with E-state index in [1.165, 1.54) is 13.2 Å². The van der Waals surface area contributed by atoms with Crippen molar-refractivity contribution >= 4 is 19.3 Å². The Bertz CT molecular complexity index is 309. The van der Waals surface area contributed by atoms with Crippen LogP contribution in [0, 0.1) is 0 Å². The fraction of sp³-hybridized carbons (Fsp3) is 0.125. The minimum Gasteiger partial charge on any atom is -0.496 e. The van der Waals surface area contributed by atoms with E-state index in [0.717, 1.165) is 0 Å². The third kappa shape index (κ3) is 1.42. The summed E-state index contributed by atoms with van der Waals surface area (Å²) >= 11 is 0. The van der Waals surface area contributed by atoms with Gasteiger partial charge in [0.25, 0.3) is 0 Å². The first-order valence-electron chi connectivity index (χ1n) is 3.32. The lowest BCUT2D eigenvalue weighted by Crippen LogP contribution is -2.16. The summed E-state index contributed by atoms with van der Waals surface area (Å²) in [6.45, 7) is 0. The van der Waals surface area contributed by atoms with Crippen LogP contribution in [0.4, 0.5) is 0 Å². The van der Waals surface area contributed by atoms with E-state index in [4.69, 9.17) is 17.7 Å². The van der Waals surface area contributed by atoms with Gasteiger partial charge in [-0.1, -0.05) is 17.6 Å². The average molecular weight is 162 g/mol. The zero-order valence-electron chi connectivity index (χ0n) is 6.57. The van der Waals surface area contributed by atoms with Gasteiger partial charge in [-0.2, -0.15) is 0 Å². The van der Waals surface area contributed by atoms with Crippen molar-refractivity contribution in [2.75, 3.05) is 7.11 Å². The quantitative estimate of drug-likeness (QED) is 0.631. The number of methoxy groups -OCH3 is 1. The van der Waals surface area contributed by atoms with Crippen LogP contribution in [0.25, 0.3) is 0 Å². The summed E-state index contributed by atoms with van der Waals surface area (Å²) in [6, 6.07) is 4.71. The van der Waals surface area contributed by atoms with Gasteiger partial charge < -0.3 is 9.84 Å². The molecule has 1 aromatic rings. The van der Waals surface area contributed by atoms with Crippen LogP contribution in [0.3, 0.4) is 0 Å². The molecule has 0 saturated heterocycles. The van der Waals surface area contributed by atoms with E-state index in [1.54, 1.807) is 12.1 Å². The van der Waals surface area contributed by atoms with Crippen molar-refractivity contribution in [1.29, 1.82) is 0 Å². The molecule has 0 heterocycles. The maximum atomic E-state index is 10.6. The van der Waals surface area contributed by atoms with E-state index in [2.05, 4.69) is 0 Å². The second-order valence-electron chi connectivity index (χ2n) is 2.23. The fourth-order valence-corrected chi connectivity index (χ4v) is 0.947. The molecule has 1 rings (SSSR count). The normalized spacial score (nSPS) is 9.42. The third-order valence-corrected chi connectivity index (χ3v) is 1.49. The van der Waals surface area contributed by atoms with E-state index in [9.17, 15) is 4.79 Å². The van der Waals surface area contributed by atoms with Crippen molar-refractivity contribution in [3.05, 3.63) is 23.8 Å². The Morgan fingerprint density at radius 2 is 2.25 bits per heavy atom. The van der Waals surface area contributed by atoms with Crippen LogP contribution >= 0.6 is 0 Å². The average Bonchev–Trinajstić information content (AvgIpc) is 2.03. The largest absolute Gasteiger partial charge is 0.496 e. The van der Waals surface area contributed by atoms with E-state index in [0.29, 0.717) is 0 Å². The van der Waals surface area contributed by atoms with Crippen LogP contribution in [0.5, 0.6) is 5.75 Å². The highest BCUT2D eigenvalue weighted by Crippen LogP contribution is 2.14. The molecule has 0 spiro atoms. The van der Waals surface area contributed by atoms with Gasteiger partial charge >= 0.3 is 5.97 Å². The summed E-state index contributed by atoms with van der Waals surface area (Å²) in [5.74, 6) is -0.799. The number of hydrogen-bond acceptors (Lipinski definition) is 2. The van der Waals surface area contributed by atoms with Crippen LogP contribution in [0.15, 0.2) is 18.2 Å². The molecule has 0 aliphatic rings. The Morgan fingerprint density at radius 3 is 2.67 bits per heavy atom. The molecule has 4 heteroatoms. The molecule has 0 saturated carbocycles. The second kappa shape index (κ2) is 3.30. The molecule has 0 aliphatic heterocycles. The molecular formula is C8H7BO3. The van der Waals surface area contributed by atoms with E-state index in [1.807, 2.05) is 0 Å². The van der Waals surface area contributed by atoms with Gasteiger partial charge in [0.15, 0.2) is 0 Å². The van der Waals surface area contributed by atoms with Gasteiger partial charge in [0, 0.05) is 0 Å². The highest BCUT2D eigenvalue weighted by atomic mass is 16.5. The smallest absolute Gasteiger partial charge is 0.338 e. The standard InChI is InChI=1S/C8H7BO3/c1-12-6-4-2-3-5(9)7(6)8(10)11/h2-4H,1H3,(H,10,11). The van der Waals surface area contributed by atoms with Crippen LogP contribution in [0.1, 0.15) is 10.4 Å². The first-order valence-corrected chi connectivity index (χ1v) is 3.32. The molecule has 2 radical (unpaired) electrons. The maximum absolute atomic E-state index is 10.6. The van der Waals surface area contributed by atoms with Gasteiger partial charge in [0.1, 0.15) is 13.6 Å². The zero-order chi connectivity index (χ0) is 9.14. The Kier molecular flexibility index (Phi) is 2.38. The molecule has 0 fully saturated rings. The zero-order valence-corrected chi connectivity index (χ0v) is 6.57. The molecule has 0 aliphatic carbocycles. The van der Waals surface area contributed by atoms with Gasteiger partial charge in [-0.25, -0.2) is 4.79 Å². The molecule has 3 nitrogen and oxygen atoms in total. The molecule has 0 aromatic heterocycles. The van der Waals surface area contributed by atoms with Crippen LogP contribution in [-0.4, -0.2) is 26.0 Å². The van der Waals surface area contributed by atoms with Crippen LogP contribution in [-0.2, 0) is 0 Å². The van der Waals surface area contributed by atoms with E-state index < -0.39 is 5.97 Å². The highest BCUT2D eigenvalue weighted by Gasteiger charge is 2.11. The number of carbonyl (C=O) groups is 1. The number of hydrogen-bond donors (Lipinski definition) is 1. The molecule has 1 aromatic carbocycles. The Morgan fingerprint density at radius 1 is 1.58 bits per heavy atom. The summed E-state index contributed by atoms with van der Waals surface area (Å²) in [4.78, 5) is 10.6. The monoisotopic (exact) mass is 162 g/mol. The van der Waals surface area contributed by atoms with Gasteiger partial charge in [-0.15, -0.1) is 0 Å². The number of rotatable bonds is 2. The lowest BCUT2D eigenvalue weighted by molar-refractivity contribution is 0.0695. The van der Waals surface area contributed by atoms with Crippen LogP contribution in [0.2, 0.25) is 0 Å². The lowest BCUT2D eigenvalue weighted by Gasteiger charge is -2.06. The fourth-order valence-electron chi connectivity index (χ4n) is 0.947. The summed E-state index contributed by atoms with van der Waals surface area (Å²) in [6.07, 6.45) is 0. The van der Waals surface area contributed by atoms with Gasteiger partial charge in [-0.05, 0) is 6.07 Å². The third-order valence-electron chi connectivity index (χ3n) is 1.49. The highest BCUT2D eigenvalue weighted by molar-refractivity contribution is 6.36. The minimum atomic E-state index is -1.08. The lowest BCUT2D eigenvalue weighted by atomic mass is 9.90. The van der Waals surface area contributed by atoms with Crippen molar-refractivity contribution in [2.24, 2.45) is 0 Å². The topological polar surface area (TPSA) is 46.5 Å². The number of ether oxygens (including phenoxy) is 1. The van der Waals surface area contributed by atoms with Gasteiger partial charge in [-0.3, -0.25) is 0 Å². The predicted octanol–water partition coefficient (Wildman–Crippen LogP) is 0.187. The molecule has 0 amide bonds. The second-order valence-corrected chi connectivity index (χ2v) is 2.23. The molecular weight excluding hydrogens is 155 g/mol. The first-order chi connectivity index (χ1) is 5.66. The predicted molar refractivity (Wildman–Crippen MR) is 45.3 cm³/mol. The molecule has 0 bridgehead atoms. The Balaban J connectivity index is 3.29. The van der Waals surface area contributed by atoms with Crippen LogP contribution < -0.4 is 10.2 Å². The molecule has 0 unspecified atom stereocenters. The summed E-state index contributed by atoms with van der Waals surface area (Å²) < 4.78 is 4.83. The summed E-state index contributed by atoms with van der Waals surface area (Å²) in [7, 11) is 6.84. The molecule has 60 valence electrons. The van der Waals surface area contributed by atoms with E-state index >= 15 is 0 Å². The summed E-state index contributed by atoms with van der Waals surface area (Å²) in [5, 5.41) is 8.72. The van der Waals surface area contributed by atoms with Crippen molar-refractivity contribution in [1.82, 2.24) is 0 Å². The molecule has 12 heavy (non-hydrogen) atoms. The van der Waals surface area contributed by atoms with Gasteiger partial charge in [0.05, 0.1) is 12.7 Å². The summed E-state index contributed by atoms with van der Waals surface area (Å²) in [5.41, 5.74) is 0.224. The Hall–Kier alpha value is -1.45. The van der Waals surface area contributed by atoms with E-state index in [-0.39, 0.29) is 16.8 Å². The van der Waals surface area contributed by atoms with Crippen molar-refractivity contribution in [3.8, 4) is 5.75 Å². The van der Waals surface area contributed by atoms with Crippen molar-refractivity contribution in [3.63, 3.8) is 0 Å². The maximum Gasteiger partial charge on any atom is 0.338 e.